The molecule has 0 aliphatic carbocycles. The third-order valence-corrected chi connectivity index (χ3v) is 1.68. The number of hydrogen-bond donors (Lipinski definition) is 1. The van der Waals surface area contributed by atoms with Gasteiger partial charge in [0.2, 0.25) is 0 Å². The van der Waals surface area contributed by atoms with Crippen molar-refractivity contribution in [2.24, 2.45) is 0 Å². The van der Waals surface area contributed by atoms with Crippen LogP contribution >= 0.6 is 0 Å². The van der Waals surface area contributed by atoms with Crippen LogP contribution in [0.15, 0.2) is 18.2 Å². The third-order valence-electron chi connectivity index (χ3n) is 1.68. The maximum Gasteiger partial charge on any atom is 0.294 e. The van der Waals surface area contributed by atoms with Gasteiger partial charge in [-0.15, -0.1) is 0 Å². The Kier molecular flexibility index (Phi) is 2.36. The van der Waals surface area contributed by atoms with Crippen LogP contribution in [0.5, 0.6) is 0 Å². The fourth-order valence-electron chi connectivity index (χ4n) is 1.06. The molecule has 0 atom stereocenters. The van der Waals surface area contributed by atoms with E-state index in [0.29, 0.717) is 11.4 Å². The van der Waals surface area contributed by atoms with Gasteiger partial charge in [0.05, 0.1) is 4.92 Å². The average molecular weight is 181 g/mol. The Bertz CT molecular complexity index is 336. The molecule has 1 rings (SSSR count). The summed E-state index contributed by atoms with van der Waals surface area (Å²) < 4.78 is 0. The fourth-order valence-corrected chi connectivity index (χ4v) is 1.06. The molecular weight excluding hydrogens is 170 g/mol. The van der Waals surface area contributed by atoms with E-state index in [1.165, 1.54) is 6.07 Å². The third kappa shape index (κ3) is 1.87. The molecule has 0 heterocycles. The molecule has 13 heavy (non-hydrogen) atoms. The molecular formula is C8H11N3O2. The lowest BCUT2D eigenvalue weighted by molar-refractivity contribution is -0.384. The zero-order chi connectivity index (χ0) is 10.0. The van der Waals surface area contributed by atoms with E-state index in [4.69, 9.17) is 5.73 Å². The zero-order valence-electron chi connectivity index (χ0n) is 7.52. The van der Waals surface area contributed by atoms with Crippen molar-refractivity contribution in [3.63, 3.8) is 0 Å². The smallest absolute Gasteiger partial charge is 0.294 e. The molecule has 0 unspecified atom stereocenters. The monoisotopic (exact) mass is 181 g/mol. The van der Waals surface area contributed by atoms with Gasteiger partial charge in [-0.1, -0.05) is 0 Å². The molecule has 0 fully saturated rings. The predicted octanol–water partition coefficient (Wildman–Crippen LogP) is 1.24. The van der Waals surface area contributed by atoms with Crippen LogP contribution in [-0.2, 0) is 0 Å². The quantitative estimate of drug-likeness (QED) is 0.423. The normalized spacial score (nSPS) is 9.69. The highest BCUT2D eigenvalue weighted by molar-refractivity contribution is 5.67. The van der Waals surface area contributed by atoms with Crippen LogP contribution in [0.25, 0.3) is 0 Å². The van der Waals surface area contributed by atoms with Crippen LogP contribution in [0.3, 0.4) is 0 Å². The fraction of sp³-hybridized carbons (Fsp3) is 0.250. The first-order valence-corrected chi connectivity index (χ1v) is 3.73. The summed E-state index contributed by atoms with van der Waals surface area (Å²) in [5, 5.41) is 10.6. The summed E-state index contributed by atoms with van der Waals surface area (Å²) in [7, 11) is 3.50. The summed E-state index contributed by atoms with van der Waals surface area (Å²) in [5.74, 6) is 0. The van der Waals surface area contributed by atoms with E-state index in [0.717, 1.165) is 0 Å². The van der Waals surface area contributed by atoms with Crippen molar-refractivity contribution in [1.29, 1.82) is 0 Å². The minimum atomic E-state index is -0.439. The molecule has 1 aromatic rings. The van der Waals surface area contributed by atoms with E-state index in [-0.39, 0.29) is 5.69 Å². The lowest BCUT2D eigenvalue weighted by atomic mass is 10.2. The molecule has 70 valence electrons. The van der Waals surface area contributed by atoms with Gasteiger partial charge in [0.1, 0.15) is 5.69 Å². The van der Waals surface area contributed by atoms with Crippen LogP contribution in [0.2, 0.25) is 0 Å². The van der Waals surface area contributed by atoms with Crippen molar-refractivity contribution < 1.29 is 4.92 Å². The second kappa shape index (κ2) is 3.30. The number of nitrogens with two attached hydrogens (primary N) is 1. The average Bonchev–Trinajstić information content (AvgIpc) is 2.03. The summed E-state index contributed by atoms with van der Waals surface area (Å²) in [5.41, 5.74) is 6.43. The molecule has 0 saturated carbocycles. The van der Waals surface area contributed by atoms with Crippen molar-refractivity contribution in [1.82, 2.24) is 0 Å². The lowest BCUT2D eigenvalue weighted by Crippen LogP contribution is -2.11. The number of nitro groups is 1. The van der Waals surface area contributed by atoms with Crippen LogP contribution in [0.4, 0.5) is 17.1 Å². The number of benzene rings is 1. The highest BCUT2D eigenvalue weighted by Gasteiger charge is 2.14. The number of nitrogen functional groups attached to an aromatic ring is 1. The molecule has 0 bridgehead atoms. The van der Waals surface area contributed by atoms with Gasteiger partial charge < -0.3 is 10.6 Å². The van der Waals surface area contributed by atoms with Crippen LogP contribution in [-0.4, -0.2) is 19.0 Å². The number of anilines is 2. The first-order valence-electron chi connectivity index (χ1n) is 3.73. The molecule has 0 aliphatic heterocycles. The van der Waals surface area contributed by atoms with Crippen LogP contribution in [0.1, 0.15) is 0 Å². The second-order valence-corrected chi connectivity index (χ2v) is 2.90. The summed E-state index contributed by atoms with van der Waals surface area (Å²) in [4.78, 5) is 11.8. The minimum absolute atomic E-state index is 0.0324. The van der Waals surface area contributed by atoms with E-state index in [2.05, 4.69) is 0 Å². The Morgan fingerprint density at radius 2 is 2.08 bits per heavy atom. The Balaban J connectivity index is 3.27. The molecule has 0 aliphatic rings. The van der Waals surface area contributed by atoms with Crippen molar-refractivity contribution in [3.8, 4) is 0 Å². The second-order valence-electron chi connectivity index (χ2n) is 2.90. The number of nitro benzene ring substituents is 1. The van der Waals surface area contributed by atoms with Gasteiger partial charge in [-0.2, -0.15) is 0 Å². The Morgan fingerprint density at radius 1 is 1.46 bits per heavy atom. The first-order chi connectivity index (χ1) is 6.02. The largest absolute Gasteiger partial charge is 0.399 e. The first kappa shape index (κ1) is 9.31. The number of rotatable bonds is 2. The molecule has 0 amide bonds. The van der Waals surface area contributed by atoms with Crippen LogP contribution in [0, 0.1) is 10.1 Å². The molecule has 0 saturated heterocycles. The van der Waals surface area contributed by atoms with Crippen molar-refractivity contribution in [2.45, 2.75) is 0 Å². The molecule has 5 heteroatoms. The predicted molar refractivity (Wildman–Crippen MR) is 51.8 cm³/mol. The van der Waals surface area contributed by atoms with Gasteiger partial charge in [0.25, 0.3) is 5.69 Å². The lowest BCUT2D eigenvalue weighted by Gasteiger charge is -2.12. The Hall–Kier alpha value is -1.78. The maximum absolute atomic E-state index is 10.6. The van der Waals surface area contributed by atoms with Crippen molar-refractivity contribution in [3.05, 3.63) is 28.3 Å². The SMILES string of the molecule is CN(C)c1ccc(N)cc1[N+](=O)[O-]. The van der Waals surface area contributed by atoms with E-state index < -0.39 is 4.92 Å². The highest BCUT2D eigenvalue weighted by Crippen LogP contribution is 2.28. The highest BCUT2D eigenvalue weighted by atomic mass is 16.6. The summed E-state index contributed by atoms with van der Waals surface area (Å²) >= 11 is 0. The molecule has 0 aromatic heterocycles. The van der Waals surface area contributed by atoms with Crippen molar-refractivity contribution in [2.75, 3.05) is 24.7 Å². The molecule has 1 aromatic carbocycles. The van der Waals surface area contributed by atoms with Gasteiger partial charge >= 0.3 is 0 Å². The van der Waals surface area contributed by atoms with Gasteiger partial charge in [-0.3, -0.25) is 10.1 Å². The topological polar surface area (TPSA) is 72.4 Å². The van der Waals surface area contributed by atoms with E-state index in [9.17, 15) is 10.1 Å². The van der Waals surface area contributed by atoms with Crippen molar-refractivity contribution >= 4 is 17.1 Å². The standard InChI is InChI=1S/C8H11N3O2/c1-10(2)7-4-3-6(9)5-8(7)11(12)13/h3-5H,9H2,1-2H3. The maximum atomic E-state index is 10.6. The van der Waals surface area contributed by atoms with Gasteiger partial charge in [-0.05, 0) is 12.1 Å². The summed E-state index contributed by atoms with van der Waals surface area (Å²) in [6.45, 7) is 0. The molecule has 2 N–H and O–H groups in total. The Labute approximate surface area is 75.9 Å². The molecule has 0 spiro atoms. The number of nitrogens with zero attached hydrogens (tertiary/aromatic N) is 2. The van der Waals surface area contributed by atoms with Gasteiger partial charge in [0.15, 0.2) is 0 Å². The molecule has 5 nitrogen and oxygen atoms in total. The number of hydrogen-bond acceptors (Lipinski definition) is 4. The van der Waals surface area contributed by atoms with Gasteiger partial charge in [0, 0.05) is 25.8 Å². The Morgan fingerprint density at radius 3 is 2.54 bits per heavy atom. The summed E-state index contributed by atoms with van der Waals surface area (Å²) in [6, 6.07) is 4.63. The van der Waals surface area contributed by atoms with E-state index >= 15 is 0 Å². The minimum Gasteiger partial charge on any atom is -0.399 e. The zero-order valence-corrected chi connectivity index (χ0v) is 7.52. The van der Waals surface area contributed by atoms with Crippen LogP contribution < -0.4 is 10.6 Å². The van der Waals surface area contributed by atoms with Gasteiger partial charge in [-0.25, -0.2) is 0 Å². The molecule has 0 radical (unpaired) electrons. The summed E-state index contributed by atoms with van der Waals surface area (Å²) in [6.07, 6.45) is 0. The van der Waals surface area contributed by atoms with E-state index in [1.807, 2.05) is 0 Å². The van der Waals surface area contributed by atoms with E-state index in [1.54, 1.807) is 31.1 Å².